The van der Waals surface area contributed by atoms with Crippen molar-refractivity contribution in [2.45, 2.75) is 56.9 Å². The van der Waals surface area contributed by atoms with E-state index in [1.807, 2.05) is 45.9 Å². The lowest BCUT2D eigenvalue weighted by molar-refractivity contribution is -0.130. The lowest BCUT2D eigenvalue weighted by Gasteiger charge is -2.23. The van der Waals surface area contributed by atoms with Crippen LogP contribution in [0.4, 0.5) is 0 Å². The maximum Gasteiger partial charge on any atom is 0.340 e. The lowest BCUT2D eigenvalue weighted by atomic mass is 10.1. The molecular formula is C19H24N2O4S. The number of esters is 1. The first-order valence-corrected chi connectivity index (χ1v) is 9.31. The Bertz CT molecular complexity index is 780. The van der Waals surface area contributed by atoms with Crippen molar-refractivity contribution in [2.24, 2.45) is 0 Å². The Labute approximate surface area is 157 Å². The molecule has 0 bridgehead atoms. The van der Waals surface area contributed by atoms with Crippen molar-refractivity contribution in [2.75, 3.05) is 0 Å². The Balaban J connectivity index is 2.03. The predicted octanol–water partition coefficient (Wildman–Crippen LogP) is 3.74. The van der Waals surface area contributed by atoms with Crippen LogP contribution in [0, 0.1) is 6.92 Å². The summed E-state index contributed by atoms with van der Waals surface area (Å²) in [5.41, 5.74) is 0.844. The Morgan fingerprint density at radius 3 is 2.62 bits per heavy atom. The van der Waals surface area contributed by atoms with Crippen LogP contribution < -0.4 is 5.32 Å². The van der Waals surface area contributed by atoms with Crippen LogP contribution >= 0.6 is 11.8 Å². The summed E-state index contributed by atoms with van der Waals surface area (Å²) >= 11 is 1.45. The van der Waals surface area contributed by atoms with Gasteiger partial charge in [0, 0.05) is 16.5 Å². The number of nitrogens with one attached hydrogen (secondary N) is 1. The first kappa shape index (κ1) is 20.0. The van der Waals surface area contributed by atoms with E-state index in [4.69, 9.17) is 9.26 Å². The number of aryl methyl sites for hydroxylation is 1. The van der Waals surface area contributed by atoms with Crippen molar-refractivity contribution < 1.29 is 18.8 Å². The summed E-state index contributed by atoms with van der Waals surface area (Å²) in [5.74, 6) is 0.422. The van der Waals surface area contributed by atoms with Crippen LogP contribution in [0.15, 0.2) is 39.8 Å². The Kier molecular flexibility index (Phi) is 6.47. The largest absolute Gasteiger partial charge is 0.449 e. The molecule has 0 fully saturated rings. The molecule has 0 saturated carbocycles. The van der Waals surface area contributed by atoms with Gasteiger partial charge < -0.3 is 14.6 Å². The summed E-state index contributed by atoms with van der Waals surface area (Å²) in [7, 11) is 0. The van der Waals surface area contributed by atoms with Crippen molar-refractivity contribution in [3.8, 4) is 0 Å². The van der Waals surface area contributed by atoms with Gasteiger partial charge in [-0.05, 0) is 46.8 Å². The van der Waals surface area contributed by atoms with Crippen molar-refractivity contribution >= 4 is 23.6 Å². The first-order valence-electron chi connectivity index (χ1n) is 8.33. The highest BCUT2D eigenvalue weighted by Crippen LogP contribution is 2.27. The van der Waals surface area contributed by atoms with Crippen LogP contribution in [-0.4, -0.2) is 28.7 Å². The highest BCUT2D eigenvalue weighted by Gasteiger charge is 2.24. The fourth-order valence-corrected chi connectivity index (χ4v) is 3.06. The molecule has 0 radical (unpaired) electrons. The smallest absolute Gasteiger partial charge is 0.340 e. The highest BCUT2D eigenvalue weighted by atomic mass is 32.2. The monoisotopic (exact) mass is 376 g/mol. The number of rotatable bonds is 6. The van der Waals surface area contributed by atoms with E-state index >= 15 is 0 Å². The molecule has 140 valence electrons. The van der Waals surface area contributed by atoms with E-state index in [-0.39, 0.29) is 11.4 Å². The van der Waals surface area contributed by atoms with Crippen LogP contribution in [0.3, 0.4) is 0 Å². The molecule has 0 aliphatic carbocycles. The van der Waals surface area contributed by atoms with E-state index in [1.54, 1.807) is 19.1 Å². The molecule has 1 aromatic heterocycles. The zero-order valence-electron chi connectivity index (χ0n) is 15.7. The number of nitrogens with zero attached hydrogens (tertiary/aromatic N) is 1. The Morgan fingerprint density at radius 1 is 1.31 bits per heavy atom. The summed E-state index contributed by atoms with van der Waals surface area (Å²) in [6.45, 7) is 9.03. The third-order valence-corrected chi connectivity index (χ3v) is 4.40. The number of ether oxygens (including phenoxy) is 1. The van der Waals surface area contributed by atoms with E-state index in [9.17, 15) is 9.59 Å². The fourth-order valence-electron chi connectivity index (χ4n) is 2.14. The van der Waals surface area contributed by atoms with Crippen molar-refractivity contribution in [3.63, 3.8) is 0 Å². The topological polar surface area (TPSA) is 81.4 Å². The average Bonchev–Trinajstić information content (AvgIpc) is 2.97. The number of hydrogen-bond acceptors (Lipinski definition) is 6. The summed E-state index contributed by atoms with van der Waals surface area (Å²) in [6.07, 6.45) is -0.878. The molecular weight excluding hydrogens is 352 g/mol. The number of amides is 1. The van der Waals surface area contributed by atoms with Gasteiger partial charge in [-0.2, -0.15) is 0 Å². The molecule has 1 unspecified atom stereocenters. The zero-order valence-corrected chi connectivity index (χ0v) is 16.5. The van der Waals surface area contributed by atoms with Gasteiger partial charge in [-0.25, -0.2) is 4.79 Å². The molecule has 1 atom stereocenters. The molecule has 2 rings (SSSR count). The maximum atomic E-state index is 12.5. The fraction of sp³-hybridized carbons (Fsp3) is 0.421. The standard InChI is InChI=1S/C19H24N2O4S/c1-12-10-14(25-21-12)11-26-16-9-7-6-8-15(16)18(23)24-13(2)17(22)20-19(3,4)5/h6-10,13H,11H2,1-5H3,(H,20,22). The SMILES string of the molecule is Cc1cc(CSc2ccccc2C(=O)OC(C)C(=O)NC(C)(C)C)on1. The van der Waals surface area contributed by atoms with Crippen LogP contribution in [0.25, 0.3) is 0 Å². The number of thioether (sulfide) groups is 1. The molecule has 1 N–H and O–H groups in total. The van der Waals surface area contributed by atoms with Gasteiger partial charge in [0.25, 0.3) is 5.91 Å². The average molecular weight is 376 g/mol. The quantitative estimate of drug-likeness (QED) is 0.611. The summed E-state index contributed by atoms with van der Waals surface area (Å²) in [5, 5.41) is 6.65. The minimum atomic E-state index is -0.878. The number of benzene rings is 1. The molecule has 2 aromatic rings. The molecule has 0 aliphatic heterocycles. The second kappa shape index (κ2) is 8.40. The molecule has 1 heterocycles. The summed E-state index contributed by atoms with van der Waals surface area (Å²) in [4.78, 5) is 25.4. The summed E-state index contributed by atoms with van der Waals surface area (Å²) < 4.78 is 10.5. The molecule has 6 nitrogen and oxygen atoms in total. The van der Waals surface area contributed by atoms with Crippen LogP contribution in [0.1, 0.15) is 49.5 Å². The third kappa shape index (κ3) is 5.91. The van der Waals surface area contributed by atoms with Crippen molar-refractivity contribution in [1.82, 2.24) is 10.5 Å². The molecule has 1 aromatic carbocycles. The third-order valence-electron chi connectivity index (χ3n) is 3.30. The van der Waals surface area contributed by atoms with E-state index in [1.165, 1.54) is 11.8 Å². The van der Waals surface area contributed by atoms with Gasteiger partial charge in [-0.15, -0.1) is 11.8 Å². The number of carbonyl (C=O) groups is 2. The number of aromatic nitrogens is 1. The van der Waals surface area contributed by atoms with Crippen molar-refractivity contribution in [1.29, 1.82) is 0 Å². The zero-order chi connectivity index (χ0) is 19.3. The van der Waals surface area contributed by atoms with E-state index in [2.05, 4.69) is 10.5 Å². The van der Waals surface area contributed by atoms with Gasteiger partial charge in [0.2, 0.25) is 0 Å². The molecule has 0 saturated heterocycles. The number of carbonyl (C=O) groups excluding carboxylic acids is 2. The predicted molar refractivity (Wildman–Crippen MR) is 100 cm³/mol. The van der Waals surface area contributed by atoms with Gasteiger partial charge in [0.1, 0.15) is 5.76 Å². The highest BCUT2D eigenvalue weighted by molar-refractivity contribution is 7.98. The van der Waals surface area contributed by atoms with Crippen LogP contribution in [-0.2, 0) is 15.3 Å². The molecule has 0 aliphatic rings. The minimum absolute atomic E-state index is 0.326. The molecule has 0 spiro atoms. The van der Waals surface area contributed by atoms with Gasteiger partial charge in [0.15, 0.2) is 6.10 Å². The molecule has 7 heteroatoms. The molecule has 26 heavy (non-hydrogen) atoms. The van der Waals surface area contributed by atoms with Gasteiger partial charge >= 0.3 is 5.97 Å². The summed E-state index contributed by atoms with van der Waals surface area (Å²) in [6, 6.07) is 8.99. The van der Waals surface area contributed by atoms with Crippen molar-refractivity contribution in [3.05, 3.63) is 47.3 Å². The minimum Gasteiger partial charge on any atom is -0.449 e. The Hall–Kier alpha value is -2.28. The van der Waals surface area contributed by atoms with E-state index in [0.29, 0.717) is 11.3 Å². The Morgan fingerprint density at radius 2 is 2.00 bits per heavy atom. The van der Waals surface area contributed by atoms with Gasteiger partial charge in [-0.3, -0.25) is 4.79 Å². The van der Waals surface area contributed by atoms with Gasteiger partial charge in [-0.1, -0.05) is 17.3 Å². The second-order valence-corrected chi connectivity index (χ2v) is 8.02. The molecule has 1 amide bonds. The lowest BCUT2D eigenvalue weighted by Crippen LogP contribution is -2.46. The van der Waals surface area contributed by atoms with Crippen LogP contribution in [0.5, 0.6) is 0 Å². The maximum absolute atomic E-state index is 12.5. The first-order chi connectivity index (χ1) is 12.2. The van der Waals surface area contributed by atoms with E-state index in [0.717, 1.165) is 16.3 Å². The van der Waals surface area contributed by atoms with E-state index < -0.39 is 12.1 Å². The van der Waals surface area contributed by atoms with Gasteiger partial charge in [0.05, 0.1) is 17.0 Å². The second-order valence-electron chi connectivity index (χ2n) is 7.01. The number of hydrogen-bond donors (Lipinski definition) is 1. The van der Waals surface area contributed by atoms with Crippen LogP contribution in [0.2, 0.25) is 0 Å². The normalized spacial score (nSPS) is 12.5.